The Labute approximate surface area is 92.8 Å². The summed E-state index contributed by atoms with van der Waals surface area (Å²) in [7, 11) is 0. The molecule has 0 aromatic carbocycles. The second-order valence-electron chi connectivity index (χ2n) is 3.68. The molecule has 1 atom stereocenters. The fourth-order valence-corrected chi connectivity index (χ4v) is 3.79. The highest BCUT2D eigenvalue weighted by molar-refractivity contribution is 7.99. The summed E-state index contributed by atoms with van der Waals surface area (Å²) in [6.45, 7) is 0.0793. The maximum atomic E-state index is 8.90. The lowest BCUT2D eigenvalue weighted by atomic mass is 10.0. The number of hydrogen-bond donors (Lipinski definition) is 1. The van der Waals surface area contributed by atoms with Gasteiger partial charge >= 0.3 is 0 Å². The van der Waals surface area contributed by atoms with Gasteiger partial charge < -0.3 is 5.11 Å². The lowest BCUT2D eigenvalue weighted by molar-refractivity contribution is 0.277. The smallest absolute Gasteiger partial charge is 0.0932 e. The zero-order chi connectivity index (χ0) is 9.80. The molecule has 1 aliphatic heterocycles. The summed E-state index contributed by atoms with van der Waals surface area (Å²) in [4.78, 5) is 4.38. The molecule has 0 spiro atoms. The van der Waals surface area contributed by atoms with E-state index in [0.29, 0.717) is 0 Å². The molecule has 2 rings (SSSR count). The van der Waals surface area contributed by atoms with Crippen molar-refractivity contribution in [3.8, 4) is 0 Å². The zero-order valence-electron chi connectivity index (χ0n) is 8.11. The molecule has 14 heavy (non-hydrogen) atoms. The molecule has 0 saturated carbocycles. The van der Waals surface area contributed by atoms with Gasteiger partial charge in [-0.05, 0) is 30.3 Å². The fourth-order valence-electron chi connectivity index (χ4n) is 1.73. The summed E-state index contributed by atoms with van der Waals surface area (Å²) < 4.78 is 0. The first-order valence-electron chi connectivity index (χ1n) is 5.00. The average molecular weight is 229 g/mol. The molecule has 2 heterocycles. The van der Waals surface area contributed by atoms with E-state index in [9.17, 15) is 0 Å². The summed E-state index contributed by atoms with van der Waals surface area (Å²) in [6, 6.07) is 0. The van der Waals surface area contributed by atoms with Crippen molar-refractivity contribution in [1.82, 2.24) is 4.98 Å². The number of aromatic nitrogens is 1. The van der Waals surface area contributed by atoms with Crippen LogP contribution in [0.2, 0.25) is 0 Å². The minimum atomic E-state index is 0.0793. The molecule has 0 aliphatic carbocycles. The summed E-state index contributed by atoms with van der Waals surface area (Å²) in [5.74, 6) is 3.43. The van der Waals surface area contributed by atoms with Gasteiger partial charge in [0, 0.05) is 11.8 Å². The largest absolute Gasteiger partial charge is 0.390 e. The van der Waals surface area contributed by atoms with E-state index in [1.54, 1.807) is 11.3 Å². The Bertz CT molecular complexity index is 281. The molecule has 1 aromatic rings. The van der Waals surface area contributed by atoms with Crippen LogP contribution in [-0.2, 0) is 13.0 Å². The number of rotatable bonds is 3. The molecular weight excluding hydrogens is 214 g/mol. The normalized spacial score (nSPS) is 22.5. The minimum absolute atomic E-state index is 0.0793. The van der Waals surface area contributed by atoms with Crippen LogP contribution in [0.25, 0.3) is 0 Å². The number of thioether (sulfide) groups is 1. The van der Waals surface area contributed by atoms with Crippen LogP contribution in [0.5, 0.6) is 0 Å². The molecule has 0 bridgehead atoms. The van der Waals surface area contributed by atoms with Crippen LogP contribution in [0, 0.1) is 5.92 Å². The third-order valence-corrected chi connectivity index (χ3v) is 4.68. The maximum Gasteiger partial charge on any atom is 0.0932 e. The van der Waals surface area contributed by atoms with Gasteiger partial charge in [0.1, 0.15) is 0 Å². The van der Waals surface area contributed by atoms with Crippen LogP contribution >= 0.6 is 23.1 Å². The second kappa shape index (κ2) is 5.14. The number of aliphatic hydroxyl groups excluding tert-OH is 1. The molecule has 2 nitrogen and oxygen atoms in total. The Morgan fingerprint density at radius 1 is 1.57 bits per heavy atom. The number of nitrogens with zero attached hydrogens (tertiary/aromatic N) is 1. The Morgan fingerprint density at radius 2 is 2.50 bits per heavy atom. The van der Waals surface area contributed by atoms with Crippen LogP contribution in [-0.4, -0.2) is 21.6 Å². The molecule has 1 unspecified atom stereocenters. The van der Waals surface area contributed by atoms with Crippen molar-refractivity contribution in [3.63, 3.8) is 0 Å². The molecule has 4 heteroatoms. The van der Waals surface area contributed by atoms with Gasteiger partial charge in [-0.1, -0.05) is 0 Å². The van der Waals surface area contributed by atoms with E-state index >= 15 is 0 Å². The third kappa shape index (κ3) is 2.72. The molecular formula is C10H15NOS2. The number of hydrogen-bond acceptors (Lipinski definition) is 4. The van der Waals surface area contributed by atoms with Crippen molar-refractivity contribution in [2.75, 3.05) is 11.5 Å². The highest BCUT2D eigenvalue weighted by Gasteiger charge is 2.15. The van der Waals surface area contributed by atoms with Gasteiger partial charge in [0.2, 0.25) is 0 Å². The first-order valence-corrected chi connectivity index (χ1v) is 7.04. The molecule has 0 radical (unpaired) electrons. The topological polar surface area (TPSA) is 33.1 Å². The first kappa shape index (κ1) is 10.5. The van der Waals surface area contributed by atoms with Crippen LogP contribution in [0.15, 0.2) is 5.38 Å². The van der Waals surface area contributed by atoms with Gasteiger partial charge in [-0.25, -0.2) is 4.98 Å². The quantitative estimate of drug-likeness (QED) is 0.863. The van der Waals surface area contributed by atoms with Gasteiger partial charge in [0.05, 0.1) is 17.3 Å². The average Bonchev–Trinajstić information content (AvgIpc) is 2.67. The molecule has 1 aliphatic rings. The molecule has 1 N–H and O–H groups in total. The Morgan fingerprint density at radius 3 is 3.14 bits per heavy atom. The minimum Gasteiger partial charge on any atom is -0.390 e. The molecule has 1 aromatic heterocycles. The summed E-state index contributed by atoms with van der Waals surface area (Å²) in [6.07, 6.45) is 3.81. The van der Waals surface area contributed by atoms with E-state index in [0.717, 1.165) is 18.0 Å². The maximum absolute atomic E-state index is 8.90. The van der Waals surface area contributed by atoms with Crippen molar-refractivity contribution >= 4 is 23.1 Å². The highest BCUT2D eigenvalue weighted by atomic mass is 32.2. The van der Waals surface area contributed by atoms with Gasteiger partial charge in [-0.3, -0.25) is 0 Å². The SMILES string of the molecule is OCc1csc(CC2CCCSC2)n1. The van der Waals surface area contributed by atoms with Crippen LogP contribution in [0.4, 0.5) is 0 Å². The number of aliphatic hydroxyl groups is 1. The predicted octanol–water partition coefficient (Wildman–Crippen LogP) is 2.32. The zero-order valence-corrected chi connectivity index (χ0v) is 9.74. The van der Waals surface area contributed by atoms with E-state index in [1.807, 2.05) is 5.38 Å². The molecule has 78 valence electrons. The van der Waals surface area contributed by atoms with Gasteiger partial charge in [-0.2, -0.15) is 11.8 Å². The van der Waals surface area contributed by atoms with E-state index in [4.69, 9.17) is 5.11 Å². The predicted molar refractivity (Wildman–Crippen MR) is 61.8 cm³/mol. The highest BCUT2D eigenvalue weighted by Crippen LogP contribution is 2.26. The van der Waals surface area contributed by atoms with Crippen LogP contribution < -0.4 is 0 Å². The van der Waals surface area contributed by atoms with E-state index in [2.05, 4.69) is 16.7 Å². The fraction of sp³-hybridized carbons (Fsp3) is 0.700. The summed E-state index contributed by atoms with van der Waals surface area (Å²) in [5.41, 5.74) is 0.827. The van der Waals surface area contributed by atoms with Crippen LogP contribution in [0.3, 0.4) is 0 Å². The molecule has 1 fully saturated rings. The lowest BCUT2D eigenvalue weighted by Crippen LogP contribution is -2.13. The van der Waals surface area contributed by atoms with Gasteiger partial charge in [0.25, 0.3) is 0 Å². The summed E-state index contributed by atoms with van der Waals surface area (Å²) >= 11 is 3.75. The molecule has 1 saturated heterocycles. The third-order valence-electron chi connectivity index (χ3n) is 2.48. The van der Waals surface area contributed by atoms with E-state index < -0.39 is 0 Å². The van der Waals surface area contributed by atoms with Gasteiger partial charge in [-0.15, -0.1) is 11.3 Å². The van der Waals surface area contributed by atoms with Crippen molar-refractivity contribution in [2.45, 2.75) is 25.9 Å². The van der Waals surface area contributed by atoms with Gasteiger partial charge in [0.15, 0.2) is 0 Å². The summed E-state index contributed by atoms with van der Waals surface area (Å²) in [5, 5.41) is 12.1. The second-order valence-corrected chi connectivity index (χ2v) is 5.77. The Hall–Kier alpha value is -0.0600. The Kier molecular flexibility index (Phi) is 3.84. The van der Waals surface area contributed by atoms with Crippen molar-refractivity contribution in [3.05, 3.63) is 16.1 Å². The lowest BCUT2D eigenvalue weighted by Gasteiger charge is -2.19. The van der Waals surface area contributed by atoms with E-state index in [-0.39, 0.29) is 6.61 Å². The van der Waals surface area contributed by atoms with E-state index in [1.165, 1.54) is 29.4 Å². The van der Waals surface area contributed by atoms with Crippen molar-refractivity contribution < 1.29 is 5.11 Å². The number of thiazole rings is 1. The van der Waals surface area contributed by atoms with Crippen molar-refractivity contribution in [1.29, 1.82) is 0 Å². The first-order chi connectivity index (χ1) is 6.88. The standard InChI is InChI=1S/C10H15NOS2/c12-5-9-7-14-10(11-9)4-8-2-1-3-13-6-8/h7-8,12H,1-6H2. The van der Waals surface area contributed by atoms with Crippen LogP contribution in [0.1, 0.15) is 23.5 Å². The van der Waals surface area contributed by atoms with Crippen molar-refractivity contribution in [2.24, 2.45) is 5.92 Å². The monoisotopic (exact) mass is 229 g/mol. The Balaban J connectivity index is 1.89. The molecule has 0 amide bonds.